The summed E-state index contributed by atoms with van der Waals surface area (Å²) in [5.74, 6) is 3.07. The van der Waals surface area contributed by atoms with Crippen molar-refractivity contribution in [3.05, 3.63) is 23.3 Å². The van der Waals surface area contributed by atoms with Gasteiger partial charge in [-0.3, -0.25) is 4.90 Å². The fourth-order valence-electron chi connectivity index (χ4n) is 4.98. The minimum atomic E-state index is 0.213. The molecule has 1 N–H and O–H groups in total. The maximum absolute atomic E-state index is 9.35. The third-order valence-electron chi connectivity index (χ3n) is 6.59. The molecule has 3 rings (SSSR count). The van der Waals surface area contributed by atoms with Crippen LogP contribution in [0.1, 0.15) is 57.2 Å². The first-order valence-electron chi connectivity index (χ1n) is 9.98. The highest BCUT2D eigenvalue weighted by molar-refractivity contribution is 5.49. The topological polar surface area (TPSA) is 41.9 Å². The molecule has 2 heterocycles. The number of aliphatic hydroxyl groups excluding tert-OH is 1. The molecule has 4 nitrogen and oxygen atoms in total. The van der Waals surface area contributed by atoms with Crippen molar-refractivity contribution in [1.82, 2.24) is 4.90 Å². The van der Waals surface area contributed by atoms with E-state index in [1.807, 2.05) is 0 Å². The van der Waals surface area contributed by atoms with Gasteiger partial charge in [0.1, 0.15) is 0 Å². The number of aliphatic hydroxyl groups is 1. The van der Waals surface area contributed by atoms with Gasteiger partial charge in [0.05, 0.1) is 14.2 Å². The second-order valence-electron chi connectivity index (χ2n) is 8.98. The molecule has 26 heavy (non-hydrogen) atoms. The molecular formula is C22H35NO3. The third-order valence-corrected chi connectivity index (χ3v) is 6.59. The summed E-state index contributed by atoms with van der Waals surface area (Å²) in [6.45, 7) is 9.57. The van der Waals surface area contributed by atoms with E-state index in [9.17, 15) is 5.11 Å². The largest absolute Gasteiger partial charge is 0.493 e. The number of nitrogens with zero attached hydrogens (tertiary/aromatic N) is 1. The Morgan fingerprint density at radius 3 is 2.54 bits per heavy atom. The Morgan fingerprint density at radius 2 is 1.88 bits per heavy atom. The quantitative estimate of drug-likeness (QED) is 0.830. The van der Waals surface area contributed by atoms with Crippen LogP contribution in [0.2, 0.25) is 0 Å². The fourth-order valence-corrected chi connectivity index (χ4v) is 4.98. The van der Waals surface area contributed by atoms with Crippen LogP contribution in [-0.2, 0) is 6.42 Å². The first-order chi connectivity index (χ1) is 12.4. The summed E-state index contributed by atoms with van der Waals surface area (Å²) in [7, 11) is 3.42. The van der Waals surface area contributed by atoms with E-state index in [0.29, 0.717) is 17.9 Å². The van der Waals surface area contributed by atoms with Gasteiger partial charge in [0.15, 0.2) is 11.5 Å². The van der Waals surface area contributed by atoms with Crippen LogP contribution in [0.25, 0.3) is 0 Å². The van der Waals surface area contributed by atoms with Crippen molar-refractivity contribution in [3.8, 4) is 11.5 Å². The molecule has 0 spiro atoms. The van der Waals surface area contributed by atoms with Crippen molar-refractivity contribution in [3.63, 3.8) is 0 Å². The van der Waals surface area contributed by atoms with E-state index in [1.54, 1.807) is 14.2 Å². The Hall–Kier alpha value is -1.26. The molecule has 0 radical (unpaired) electrons. The normalized spacial score (nSPS) is 26.2. The van der Waals surface area contributed by atoms with Crippen molar-refractivity contribution in [1.29, 1.82) is 0 Å². The first kappa shape index (κ1) is 19.5. The molecule has 1 aromatic carbocycles. The van der Waals surface area contributed by atoms with Crippen molar-refractivity contribution >= 4 is 0 Å². The summed E-state index contributed by atoms with van der Waals surface area (Å²) >= 11 is 0. The second kappa shape index (κ2) is 7.77. The summed E-state index contributed by atoms with van der Waals surface area (Å²) < 4.78 is 11.1. The Balaban J connectivity index is 1.80. The molecule has 0 aliphatic carbocycles. The second-order valence-corrected chi connectivity index (χ2v) is 8.98. The maximum atomic E-state index is 9.35. The van der Waals surface area contributed by atoms with Gasteiger partial charge in [-0.1, -0.05) is 20.8 Å². The predicted octanol–water partition coefficient (Wildman–Crippen LogP) is 4.06. The van der Waals surface area contributed by atoms with E-state index in [2.05, 4.69) is 37.8 Å². The summed E-state index contributed by atoms with van der Waals surface area (Å²) in [5.41, 5.74) is 3.05. The van der Waals surface area contributed by atoms with E-state index >= 15 is 0 Å². The SMILES string of the molecule is COc1cc2c(cc1OC)[C@H]1C[C@@H](C)[C@H](CC(C)(C)CCO)CN1CC2. The molecule has 146 valence electrons. The van der Waals surface area contributed by atoms with E-state index in [-0.39, 0.29) is 12.0 Å². The Morgan fingerprint density at radius 1 is 1.19 bits per heavy atom. The van der Waals surface area contributed by atoms with Crippen LogP contribution < -0.4 is 9.47 Å². The number of ether oxygens (including phenoxy) is 2. The van der Waals surface area contributed by atoms with Gasteiger partial charge in [0, 0.05) is 25.7 Å². The molecule has 4 heteroatoms. The Labute approximate surface area is 158 Å². The number of rotatable bonds is 6. The van der Waals surface area contributed by atoms with E-state index < -0.39 is 0 Å². The molecule has 1 saturated heterocycles. The zero-order valence-corrected chi connectivity index (χ0v) is 17.0. The summed E-state index contributed by atoms with van der Waals surface area (Å²) in [6, 6.07) is 4.87. The molecule has 0 bridgehead atoms. The average Bonchev–Trinajstić information content (AvgIpc) is 2.60. The number of piperidine rings is 1. The molecule has 2 aliphatic heterocycles. The van der Waals surface area contributed by atoms with Gasteiger partial charge >= 0.3 is 0 Å². The minimum Gasteiger partial charge on any atom is -0.493 e. The lowest BCUT2D eigenvalue weighted by atomic mass is 9.71. The molecule has 0 amide bonds. The van der Waals surface area contributed by atoms with Crippen molar-refractivity contribution in [2.24, 2.45) is 17.3 Å². The molecule has 0 aromatic heterocycles. The molecule has 2 aliphatic rings. The Bertz CT molecular complexity index is 628. The lowest BCUT2D eigenvalue weighted by molar-refractivity contribution is 0.0349. The summed E-state index contributed by atoms with van der Waals surface area (Å²) in [6.07, 6.45) is 4.35. The van der Waals surface area contributed by atoms with Gasteiger partial charge in [0.25, 0.3) is 0 Å². The number of hydrogen-bond acceptors (Lipinski definition) is 4. The zero-order valence-electron chi connectivity index (χ0n) is 17.0. The number of benzene rings is 1. The highest BCUT2D eigenvalue weighted by Crippen LogP contribution is 2.46. The standard InChI is InChI=1S/C22H35NO3/c1-15-10-19-18-12-21(26-5)20(25-4)11-16(18)6-8-23(19)14-17(15)13-22(2,3)7-9-24/h11-12,15,17,19,24H,6-10,13-14H2,1-5H3/t15-,17-,19-/m1/s1. The lowest BCUT2D eigenvalue weighted by Gasteiger charge is -2.48. The third kappa shape index (κ3) is 3.86. The van der Waals surface area contributed by atoms with Crippen LogP contribution in [0.5, 0.6) is 11.5 Å². The summed E-state index contributed by atoms with van der Waals surface area (Å²) in [5, 5.41) is 9.35. The molecular weight excluding hydrogens is 326 g/mol. The maximum Gasteiger partial charge on any atom is 0.161 e. The van der Waals surface area contributed by atoms with E-state index in [4.69, 9.17) is 9.47 Å². The van der Waals surface area contributed by atoms with Crippen LogP contribution in [0.15, 0.2) is 12.1 Å². The van der Waals surface area contributed by atoms with Crippen LogP contribution in [0.4, 0.5) is 0 Å². The zero-order chi connectivity index (χ0) is 18.9. The molecule has 1 fully saturated rings. The fraction of sp³-hybridized carbons (Fsp3) is 0.727. The van der Waals surface area contributed by atoms with Crippen LogP contribution >= 0.6 is 0 Å². The monoisotopic (exact) mass is 361 g/mol. The molecule has 1 aromatic rings. The Kier molecular flexibility index (Phi) is 5.83. The van der Waals surface area contributed by atoms with Crippen LogP contribution in [0, 0.1) is 17.3 Å². The number of fused-ring (bicyclic) bond motifs is 3. The van der Waals surface area contributed by atoms with Gasteiger partial charge in [-0.2, -0.15) is 0 Å². The lowest BCUT2D eigenvalue weighted by Crippen LogP contribution is -2.46. The highest BCUT2D eigenvalue weighted by Gasteiger charge is 2.39. The van der Waals surface area contributed by atoms with E-state index in [0.717, 1.165) is 37.4 Å². The predicted molar refractivity (Wildman–Crippen MR) is 105 cm³/mol. The highest BCUT2D eigenvalue weighted by atomic mass is 16.5. The van der Waals surface area contributed by atoms with Gasteiger partial charge in [0.2, 0.25) is 0 Å². The minimum absolute atomic E-state index is 0.213. The van der Waals surface area contributed by atoms with Crippen LogP contribution in [0.3, 0.4) is 0 Å². The number of methoxy groups -OCH3 is 2. The van der Waals surface area contributed by atoms with E-state index in [1.165, 1.54) is 24.0 Å². The summed E-state index contributed by atoms with van der Waals surface area (Å²) in [4.78, 5) is 2.67. The van der Waals surface area contributed by atoms with Gasteiger partial charge in [-0.05, 0) is 66.2 Å². The van der Waals surface area contributed by atoms with Crippen molar-refractivity contribution in [2.45, 2.75) is 52.5 Å². The van der Waals surface area contributed by atoms with Gasteiger partial charge < -0.3 is 14.6 Å². The molecule has 3 atom stereocenters. The first-order valence-corrected chi connectivity index (χ1v) is 9.98. The smallest absolute Gasteiger partial charge is 0.161 e. The van der Waals surface area contributed by atoms with Crippen molar-refractivity contribution < 1.29 is 14.6 Å². The van der Waals surface area contributed by atoms with Crippen LogP contribution in [-0.4, -0.2) is 43.9 Å². The van der Waals surface area contributed by atoms with Gasteiger partial charge in [-0.15, -0.1) is 0 Å². The molecule has 0 unspecified atom stereocenters. The molecule has 0 saturated carbocycles. The van der Waals surface area contributed by atoms with Crippen molar-refractivity contribution in [2.75, 3.05) is 33.9 Å². The average molecular weight is 362 g/mol. The number of hydrogen-bond donors (Lipinski definition) is 1. The van der Waals surface area contributed by atoms with Gasteiger partial charge in [-0.25, -0.2) is 0 Å².